The topological polar surface area (TPSA) is 79.9 Å². The van der Waals surface area contributed by atoms with E-state index in [9.17, 15) is 23.4 Å². The van der Waals surface area contributed by atoms with Crippen LogP contribution in [0, 0.1) is 0 Å². The van der Waals surface area contributed by atoms with Crippen LogP contribution in [0.5, 0.6) is 17.5 Å². The van der Waals surface area contributed by atoms with Crippen molar-refractivity contribution in [2.24, 2.45) is 0 Å². The van der Waals surface area contributed by atoms with Gasteiger partial charge in [0.15, 0.2) is 5.65 Å². The van der Waals surface area contributed by atoms with E-state index >= 15 is 0 Å². The molecule has 1 aromatic carbocycles. The lowest BCUT2D eigenvalue weighted by molar-refractivity contribution is -0.274. The number of hydrogen-bond donors (Lipinski definition) is 2. The molecule has 0 spiro atoms. The van der Waals surface area contributed by atoms with Crippen LogP contribution >= 0.6 is 0 Å². The summed E-state index contributed by atoms with van der Waals surface area (Å²) in [6.45, 7) is 0. The smallest absolute Gasteiger partial charge is 0.493 e. The van der Waals surface area contributed by atoms with Gasteiger partial charge in [0.25, 0.3) is 0 Å². The van der Waals surface area contributed by atoms with Gasteiger partial charge < -0.3 is 14.9 Å². The minimum absolute atomic E-state index is 0.0988. The van der Waals surface area contributed by atoms with Crippen molar-refractivity contribution in [2.75, 3.05) is 0 Å². The third-order valence-electron chi connectivity index (χ3n) is 2.82. The fourth-order valence-electron chi connectivity index (χ4n) is 2.00. The van der Waals surface area contributed by atoms with Gasteiger partial charge in [0, 0.05) is 5.56 Å². The zero-order chi connectivity index (χ0) is 15.9. The van der Waals surface area contributed by atoms with Gasteiger partial charge in [-0.2, -0.15) is 14.6 Å². The van der Waals surface area contributed by atoms with E-state index in [4.69, 9.17) is 0 Å². The maximum absolute atomic E-state index is 12.3. The molecule has 6 nitrogen and oxygen atoms in total. The third-order valence-corrected chi connectivity index (χ3v) is 2.82. The Morgan fingerprint density at radius 1 is 1.14 bits per heavy atom. The predicted octanol–water partition coefficient (Wildman–Crippen LogP) is 2.71. The van der Waals surface area contributed by atoms with Crippen molar-refractivity contribution in [3.8, 4) is 28.6 Å². The second-order valence-corrected chi connectivity index (χ2v) is 4.34. The fourth-order valence-corrected chi connectivity index (χ4v) is 2.00. The first-order chi connectivity index (χ1) is 10.3. The minimum atomic E-state index is -4.80. The largest absolute Gasteiger partial charge is 0.573 e. The van der Waals surface area contributed by atoms with Crippen LogP contribution in [0.3, 0.4) is 0 Å². The molecule has 0 aliphatic rings. The molecular formula is C13H8F3N3O3. The number of benzene rings is 1. The molecule has 0 bridgehead atoms. The summed E-state index contributed by atoms with van der Waals surface area (Å²) >= 11 is 0. The monoisotopic (exact) mass is 311 g/mol. The first-order valence-electron chi connectivity index (χ1n) is 5.96. The molecule has 3 aromatic rings. The van der Waals surface area contributed by atoms with Crippen LogP contribution in [0.1, 0.15) is 0 Å². The zero-order valence-electron chi connectivity index (χ0n) is 10.7. The standard InChI is InChI=1S/C13H8F3N3O3/c14-13(15,16)22-8-3-1-2-7(4-8)9-6-17-19-11(21)5-10(20)18-12(9)19/h1-6,21H,(H,18,20). The number of rotatable bonds is 2. The minimum Gasteiger partial charge on any atom is -0.493 e. The molecule has 2 N–H and O–H groups in total. The molecule has 0 saturated carbocycles. The van der Waals surface area contributed by atoms with E-state index in [1.54, 1.807) is 0 Å². The van der Waals surface area contributed by atoms with Crippen LogP contribution in [0.2, 0.25) is 0 Å². The first-order valence-corrected chi connectivity index (χ1v) is 5.96. The summed E-state index contributed by atoms with van der Waals surface area (Å²) < 4.78 is 41.7. The Balaban J connectivity index is 2.10. The Morgan fingerprint density at radius 2 is 1.91 bits per heavy atom. The zero-order valence-corrected chi connectivity index (χ0v) is 10.7. The van der Waals surface area contributed by atoms with Gasteiger partial charge in [-0.05, 0) is 17.7 Å². The summed E-state index contributed by atoms with van der Waals surface area (Å²) in [5, 5.41) is 22.9. The number of alkyl halides is 3. The van der Waals surface area contributed by atoms with Gasteiger partial charge in [-0.3, -0.25) is 0 Å². The van der Waals surface area contributed by atoms with Crippen LogP contribution < -0.4 is 4.74 Å². The molecule has 0 aliphatic carbocycles. The third kappa shape index (κ3) is 2.60. The summed E-state index contributed by atoms with van der Waals surface area (Å²) in [6, 6.07) is 6.22. The van der Waals surface area contributed by atoms with Crippen molar-refractivity contribution in [1.29, 1.82) is 0 Å². The lowest BCUT2D eigenvalue weighted by Crippen LogP contribution is -2.17. The molecule has 0 unspecified atom stereocenters. The van der Waals surface area contributed by atoms with Crippen molar-refractivity contribution in [3.05, 3.63) is 36.5 Å². The first kappa shape index (κ1) is 14.0. The highest BCUT2D eigenvalue weighted by Gasteiger charge is 2.31. The highest BCUT2D eigenvalue weighted by Crippen LogP contribution is 2.31. The number of fused-ring (bicyclic) bond motifs is 1. The Labute approximate surface area is 121 Å². The molecule has 0 radical (unpaired) electrons. The van der Waals surface area contributed by atoms with E-state index in [-0.39, 0.29) is 11.5 Å². The number of aromatic nitrogens is 3. The van der Waals surface area contributed by atoms with Crippen molar-refractivity contribution in [1.82, 2.24) is 14.6 Å². The van der Waals surface area contributed by atoms with Gasteiger partial charge in [-0.15, -0.1) is 13.2 Å². The number of hydrogen-bond acceptors (Lipinski definition) is 5. The van der Waals surface area contributed by atoms with Crippen molar-refractivity contribution < 1.29 is 28.1 Å². The molecule has 114 valence electrons. The van der Waals surface area contributed by atoms with Crippen molar-refractivity contribution in [3.63, 3.8) is 0 Å². The quantitative estimate of drug-likeness (QED) is 0.760. The van der Waals surface area contributed by atoms with Crippen LogP contribution in [0.25, 0.3) is 16.8 Å². The molecule has 0 fully saturated rings. The Morgan fingerprint density at radius 3 is 2.64 bits per heavy atom. The van der Waals surface area contributed by atoms with Gasteiger partial charge >= 0.3 is 6.36 Å². The van der Waals surface area contributed by atoms with Gasteiger partial charge in [0.2, 0.25) is 11.8 Å². The van der Waals surface area contributed by atoms with Crippen LogP contribution in [-0.4, -0.2) is 31.2 Å². The lowest BCUT2D eigenvalue weighted by atomic mass is 10.1. The van der Waals surface area contributed by atoms with Crippen molar-refractivity contribution >= 4 is 5.65 Å². The van der Waals surface area contributed by atoms with E-state index in [1.807, 2.05) is 0 Å². The molecule has 3 rings (SSSR count). The summed E-state index contributed by atoms with van der Waals surface area (Å²) in [4.78, 5) is 3.81. The second-order valence-electron chi connectivity index (χ2n) is 4.34. The maximum atomic E-state index is 12.3. The summed E-state index contributed by atoms with van der Waals surface area (Å²) in [5.41, 5.74) is 0.773. The number of ether oxygens (including phenoxy) is 1. The second kappa shape index (κ2) is 4.79. The Hall–Kier alpha value is -2.97. The molecule has 0 amide bonds. The van der Waals surface area contributed by atoms with E-state index in [0.29, 0.717) is 11.1 Å². The Kier molecular flexibility index (Phi) is 3.05. The van der Waals surface area contributed by atoms with Gasteiger partial charge in [-0.25, -0.2) is 0 Å². The predicted molar refractivity (Wildman–Crippen MR) is 68.4 cm³/mol. The van der Waals surface area contributed by atoms with Crippen LogP contribution in [0.15, 0.2) is 36.5 Å². The van der Waals surface area contributed by atoms with Gasteiger partial charge in [-0.1, -0.05) is 12.1 Å². The molecule has 0 aliphatic heterocycles. The summed E-state index contributed by atoms with van der Waals surface area (Å²) in [5.74, 6) is -1.18. The average molecular weight is 311 g/mol. The van der Waals surface area contributed by atoms with Gasteiger partial charge in [0.05, 0.1) is 12.3 Å². The molecular weight excluding hydrogens is 303 g/mol. The molecule has 2 aromatic heterocycles. The molecule has 9 heteroatoms. The lowest BCUT2D eigenvalue weighted by Gasteiger charge is -2.09. The van der Waals surface area contributed by atoms with Crippen molar-refractivity contribution in [2.45, 2.75) is 6.36 Å². The van der Waals surface area contributed by atoms with Crippen LogP contribution in [-0.2, 0) is 0 Å². The SMILES string of the molecule is Oc1cc(O)n2ncc(-c3cccc(OC(F)(F)F)c3)c2n1. The van der Waals surface area contributed by atoms with E-state index in [1.165, 1.54) is 18.3 Å². The highest BCUT2D eigenvalue weighted by molar-refractivity contribution is 5.78. The summed E-state index contributed by atoms with van der Waals surface area (Å²) in [7, 11) is 0. The van der Waals surface area contributed by atoms with Crippen LogP contribution in [0.4, 0.5) is 13.2 Å². The fraction of sp³-hybridized carbons (Fsp3) is 0.0769. The number of aromatic hydroxyl groups is 2. The Bertz CT molecular complexity index is 845. The van der Waals surface area contributed by atoms with Gasteiger partial charge in [0.1, 0.15) is 5.75 Å². The normalized spacial score (nSPS) is 11.8. The summed E-state index contributed by atoms with van der Waals surface area (Å²) in [6.07, 6.45) is -3.48. The molecule has 0 atom stereocenters. The maximum Gasteiger partial charge on any atom is 0.573 e. The molecule has 22 heavy (non-hydrogen) atoms. The highest BCUT2D eigenvalue weighted by atomic mass is 19.4. The van der Waals surface area contributed by atoms with E-state index in [0.717, 1.165) is 22.7 Å². The van der Waals surface area contributed by atoms with E-state index < -0.39 is 18.0 Å². The average Bonchev–Trinajstić information content (AvgIpc) is 2.81. The number of halogens is 3. The molecule has 0 saturated heterocycles. The van der Waals surface area contributed by atoms with E-state index in [2.05, 4.69) is 14.8 Å². The number of nitrogens with zero attached hydrogens (tertiary/aromatic N) is 3. The molecule has 2 heterocycles.